The van der Waals surface area contributed by atoms with Crippen LogP contribution in [0.3, 0.4) is 0 Å². The van der Waals surface area contributed by atoms with E-state index >= 15 is 0 Å². The van der Waals surface area contributed by atoms with Crippen molar-refractivity contribution in [3.8, 4) is 11.5 Å². The summed E-state index contributed by atoms with van der Waals surface area (Å²) >= 11 is 0. The first-order valence-electron chi connectivity index (χ1n) is 14.9. The van der Waals surface area contributed by atoms with Crippen molar-refractivity contribution < 1.29 is 32.2 Å². The predicted octanol–water partition coefficient (Wildman–Crippen LogP) is 6.84. The summed E-state index contributed by atoms with van der Waals surface area (Å²) in [6, 6.07) is 14.6. The Kier molecular flexibility index (Phi) is 8.47. The number of anilines is 4. The second-order valence-electron chi connectivity index (χ2n) is 11.3. The number of amides is 2. The van der Waals surface area contributed by atoms with Crippen LogP contribution in [0.4, 0.5) is 40.8 Å². The van der Waals surface area contributed by atoms with E-state index in [-0.39, 0.29) is 24.8 Å². The Morgan fingerprint density at radius 1 is 0.957 bits per heavy atom. The molecule has 0 saturated carbocycles. The summed E-state index contributed by atoms with van der Waals surface area (Å²) in [4.78, 5) is 28.8. The molecular weight excluding hydrogens is 599 g/mol. The average molecular weight is 634 g/mol. The van der Waals surface area contributed by atoms with Gasteiger partial charge < -0.3 is 19.1 Å². The van der Waals surface area contributed by atoms with Crippen molar-refractivity contribution in [3.05, 3.63) is 94.4 Å². The number of ether oxygens (including phenoxy) is 3. The number of methoxy groups -OCH3 is 2. The molecular formula is C34H34F3N5O4. The van der Waals surface area contributed by atoms with Crippen LogP contribution in [-0.2, 0) is 23.9 Å². The molecule has 2 amide bonds. The Balaban J connectivity index is 1.45. The van der Waals surface area contributed by atoms with Crippen LogP contribution in [-0.4, -0.2) is 56.5 Å². The Bertz CT molecular complexity index is 1750. The molecule has 240 valence electrons. The summed E-state index contributed by atoms with van der Waals surface area (Å²) in [5.41, 5.74) is 3.87. The van der Waals surface area contributed by atoms with Gasteiger partial charge in [0.25, 0.3) is 0 Å². The van der Waals surface area contributed by atoms with Crippen molar-refractivity contribution in [2.24, 2.45) is 0 Å². The third-order valence-corrected chi connectivity index (χ3v) is 8.23. The first-order chi connectivity index (χ1) is 22.1. The monoisotopic (exact) mass is 633 g/mol. The Hall–Kier alpha value is -4.84. The number of fused-ring (bicyclic) bond motifs is 1. The molecule has 1 aromatic heterocycles. The number of nitrogens with zero attached hydrogens (tertiary/aromatic N) is 5. The molecule has 9 nitrogen and oxygen atoms in total. The summed E-state index contributed by atoms with van der Waals surface area (Å²) in [5.74, 6) is 1.54. The smallest absolute Gasteiger partial charge is 0.416 e. The van der Waals surface area contributed by atoms with E-state index in [0.717, 1.165) is 22.9 Å². The fraction of sp³-hybridized carbons (Fsp3) is 0.324. The highest BCUT2D eigenvalue weighted by Gasteiger charge is 2.37. The van der Waals surface area contributed by atoms with Crippen LogP contribution in [0, 0.1) is 13.8 Å². The maximum Gasteiger partial charge on any atom is 0.416 e. The molecule has 2 aliphatic heterocycles. The molecule has 0 aliphatic carbocycles. The van der Waals surface area contributed by atoms with Crippen molar-refractivity contribution in [1.82, 2.24) is 9.97 Å². The van der Waals surface area contributed by atoms with E-state index in [1.165, 1.54) is 25.2 Å². The molecule has 0 unspecified atom stereocenters. The van der Waals surface area contributed by atoms with Gasteiger partial charge in [-0.2, -0.15) is 13.2 Å². The van der Waals surface area contributed by atoms with Crippen molar-refractivity contribution in [2.75, 3.05) is 55.2 Å². The number of rotatable bonds is 7. The lowest BCUT2D eigenvalue weighted by atomic mass is 10.0. The van der Waals surface area contributed by atoms with Gasteiger partial charge in [-0.15, -0.1) is 0 Å². The maximum atomic E-state index is 14.4. The van der Waals surface area contributed by atoms with Crippen molar-refractivity contribution in [1.29, 1.82) is 0 Å². The van der Waals surface area contributed by atoms with E-state index in [4.69, 9.17) is 19.2 Å². The van der Waals surface area contributed by atoms with Gasteiger partial charge in [0.15, 0.2) is 0 Å². The van der Waals surface area contributed by atoms with Gasteiger partial charge in [-0.25, -0.2) is 19.7 Å². The molecule has 0 bridgehead atoms. The normalized spacial score (nSPS) is 15.2. The van der Waals surface area contributed by atoms with Gasteiger partial charge in [0.1, 0.15) is 23.1 Å². The molecule has 2 aliphatic rings. The number of urea groups is 1. The number of aryl methyl sites for hydroxylation is 2. The Morgan fingerprint density at radius 3 is 2.37 bits per heavy atom. The first-order valence-corrected chi connectivity index (χ1v) is 14.9. The summed E-state index contributed by atoms with van der Waals surface area (Å²) in [6.45, 7) is 5.97. The van der Waals surface area contributed by atoms with Gasteiger partial charge in [0, 0.05) is 43.0 Å². The SMILES string of the molecule is COc1ccc(N2C(=O)N(c3c(C)cccc3C)Cc3cnc(Cc4cc(N5CCOCC5)cc(C(F)(F)F)c4)nc32)c(OC)c1. The zero-order valence-electron chi connectivity index (χ0n) is 26.0. The molecule has 4 aromatic rings. The van der Waals surface area contributed by atoms with Crippen LogP contribution in [0.2, 0.25) is 0 Å². The van der Waals surface area contributed by atoms with Crippen LogP contribution >= 0.6 is 0 Å². The van der Waals surface area contributed by atoms with Crippen molar-refractivity contribution in [2.45, 2.75) is 33.0 Å². The number of hydrogen-bond donors (Lipinski definition) is 0. The minimum absolute atomic E-state index is 0.0247. The Labute approximate surface area is 265 Å². The van der Waals surface area contributed by atoms with E-state index in [9.17, 15) is 18.0 Å². The first kappa shape index (κ1) is 31.2. The second-order valence-corrected chi connectivity index (χ2v) is 11.3. The van der Waals surface area contributed by atoms with E-state index < -0.39 is 11.7 Å². The van der Waals surface area contributed by atoms with Crippen LogP contribution in [0.1, 0.15) is 33.6 Å². The van der Waals surface area contributed by atoms with Crippen LogP contribution in [0.15, 0.2) is 60.8 Å². The highest BCUT2D eigenvalue weighted by atomic mass is 19.4. The van der Waals surface area contributed by atoms with Crippen LogP contribution < -0.4 is 24.2 Å². The zero-order valence-corrected chi connectivity index (χ0v) is 26.0. The van der Waals surface area contributed by atoms with Crippen molar-refractivity contribution in [3.63, 3.8) is 0 Å². The number of aromatic nitrogens is 2. The zero-order chi connectivity index (χ0) is 32.6. The molecule has 0 atom stereocenters. The molecule has 1 fully saturated rings. The standard InChI is InChI=1S/C34H34F3N5O4/c1-21-6-5-7-22(2)31(21)41-20-24-19-38-30(39-32(24)42(33(41)43)28-9-8-27(44-3)18-29(28)45-4)16-23-14-25(34(35,36)37)17-26(15-23)40-10-12-46-13-11-40/h5-9,14-15,17-19H,10-13,16,20H2,1-4H3. The lowest BCUT2D eigenvalue weighted by molar-refractivity contribution is -0.137. The van der Waals surface area contributed by atoms with Crippen molar-refractivity contribution >= 4 is 28.9 Å². The lowest BCUT2D eigenvalue weighted by Gasteiger charge is -2.37. The predicted molar refractivity (Wildman–Crippen MR) is 168 cm³/mol. The minimum atomic E-state index is -4.53. The Morgan fingerprint density at radius 2 is 1.70 bits per heavy atom. The number of hydrogen-bond acceptors (Lipinski definition) is 7. The molecule has 3 aromatic carbocycles. The van der Waals surface area contributed by atoms with Gasteiger partial charge in [-0.1, -0.05) is 18.2 Å². The molecule has 1 saturated heterocycles. The summed E-state index contributed by atoms with van der Waals surface area (Å²) in [5, 5.41) is 0. The van der Waals surface area contributed by atoms with Gasteiger partial charge in [0.05, 0.1) is 50.9 Å². The molecule has 0 spiro atoms. The van der Waals surface area contributed by atoms with Crippen LogP contribution in [0.5, 0.6) is 11.5 Å². The quantitative estimate of drug-likeness (QED) is 0.221. The maximum absolute atomic E-state index is 14.4. The number of halogens is 3. The van der Waals surface area contributed by atoms with Gasteiger partial charge in [-0.05, 0) is 60.9 Å². The number of benzene rings is 3. The highest BCUT2D eigenvalue weighted by molar-refractivity contribution is 6.11. The topological polar surface area (TPSA) is 80.3 Å². The highest BCUT2D eigenvalue weighted by Crippen LogP contribution is 2.42. The third kappa shape index (κ3) is 6.04. The number of carbonyl (C=O) groups excluding carboxylic acids is 1. The number of carbonyl (C=O) groups is 1. The van der Waals surface area contributed by atoms with Crippen LogP contribution in [0.25, 0.3) is 0 Å². The molecule has 46 heavy (non-hydrogen) atoms. The van der Waals surface area contributed by atoms with E-state index in [1.807, 2.05) is 36.9 Å². The molecule has 3 heterocycles. The van der Waals surface area contributed by atoms with E-state index in [2.05, 4.69) is 4.98 Å². The summed E-state index contributed by atoms with van der Waals surface area (Å²) in [6.07, 6.45) is -2.86. The molecule has 0 N–H and O–H groups in total. The number of para-hydroxylation sites is 1. The fourth-order valence-electron chi connectivity index (χ4n) is 5.99. The van der Waals surface area contributed by atoms with E-state index in [0.29, 0.717) is 66.1 Å². The fourth-order valence-corrected chi connectivity index (χ4v) is 5.99. The third-order valence-electron chi connectivity index (χ3n) is 8.23. The number of morpholine rings is 1. The lowest BCUT2D eigenvalue weighted by Crippen LogP contribution is -2.46. The van der Waals surface area contributed by atoms with Gasteiger partial charge in [-0.3, -0.25) is 4.90 Å². The average Bonchev–Trinajstić information content (AvgIpc) is 3.05. The minimum Gasteiger partial charge on any atom is -0.497 e. The number of alkyl halides is 3. The molecule has 0 radical (unpaired) electrons. The second kappa shape index (κ2) is 12.5. The van der Waals surface area contributed by atoms with Gasteiger partial charge >= 0.3 is 12.2 Å². The van der Waals surface area contributed by atoms with E-state index in [1.54, 1.807) is 35.4 Å². The molecule has 6 rings (SSSR count). The molecule has 12 heteroatoms. The summed E-state index contributed by atoms with van der Waals surface area (Å²) < 4.78 is 58.4. The summed E-state index contributed by atoms with van der Waals surface area (Å²) in [7, 11) is 3.04. The van der Waals surface area contributed by atoms with Gasteiger partial charge in [0.2, 0.25) is 0 Å². The largest absolute Gasteiger partial charge is 0.497 e.